The average molecular weight is 975 g/mol. The number of nitrogens with one attached hydrogen (secondary N) is 1. The molecule has 0 aliphatic heterocycles. The molecule has 0 aromatic heterocycles. The summed E-state index contributed by atoms with van der Waals surface area (Å²) in [6.07, 6.45) is 70.7. The number of aliphatic hydroxyl groups is 2. The first kappa shape index (κ1) is 67.6. The summed E-state index contributed by atoms with van der Waals surface area (Å²) < 4.78 is 5.48. The van der Waals surface area contributed by atoms with Crippen LogP contribution in [0, 0.1) is 0 Å². The summed E-state index contributed by atoms with van der Waals surface area (Å²) in [7, 11) is 0. The Kier molecular flexibility index (Phi) is 58.0. The van der Waals surface area contributed by atoms with E-state index in [9.17, 15) is 19.8 Å². The molecule has 0 radical (unpaired) electrons. The standard InChI is InChI=1S/C63H123NO5/c1-3-5-7-9-11-13-15-17-19-21-23-24-25-26-27-29-30-32-34-36-39-43-47-51-55-61(66)60(59-65)64-62(67)56-52-48-44-40-38-42-46-50-54-58-69-63(68)57-53-49-45-41-37-35-33-31-28-22-20-18-16-14-12-10-8-6-4-2/h18,20,60-61,65-66H,3-17,19,21-59H2,1-2H3,(H,64,67)/b20-18-. The summed E-state index contributed by atoms with van der Waals surface area (Å²) >= 11 is 0. The number of ether oxygens (including phenoxy) is 1. The van der Waals surface area contributed by atoms with Crippen molar-refractivity contribution in [3.05, 3.63) is 12.2 Å². The van der Waals surface area contributed by atoms with Crippen LogP contribution in [-0.2, 0) is 14.3 Å². The maximum Gasteiger partial charge on any atom is 0.305 e. The molecule has 2 unspecified atom stereocenters. The first-order valence-electron chi connectivity index (χ1n) is 31.4. The first-order valence-corrected chi connectivity index (χ1v) is 31.4. The van der Waals surface area contributed by atoms with E-state index in [4.69, 9.17) is 4.74 Å². The largest absolute Gasteiger partial charge is 0.466 e. The van der Waals surface area contributed by atoms with Gasteiger partial charge in [-0.2, -0.15) is 0 Å². The number of esters is 1. The summed E-state index contributed by atoms with van der Waals surface area (Å²) in [6, 6.07) is -0.562. The number of hydrogen-bond donors (Lipinski definition) is 3. The molecule has 0 saturated heterocycles. The molecule has 410 valence electrons. The summed E-state index contributed by atoms with van der Waals surface area (Å²) in [6.45, 7) is 4.92. The van der Waals surface area contributed by atoms with Crippen LogP contribution in [0.5, 0.6) is 0 Å². The average Bonchev–Trinajstić information content (AvgIpc) is 3.35. The summed E-state index contributed by atoms with van der Waals surface area (Å²) in [5, 5.41) is 23.4. The van der Waals surface area contributed by atoms with E-state index in [1.165, 1.54) is 263 Å². The van der Waals surface area contributed by atoms with E-state index in [1.54, 1.807) is 0 Å². The number of unbranched alkanes of at least 4 members (excludes halogenated alkanes) is 46. The smallest absolute Gasteiger partial charge is 0.305 e. The van der Waals surface area contributed by atoms with Gasteiger partial charge in [0.25, 0.3) is 0 Å². The van der Waals surface area contributed by atoms with E-state index in [-0.39, 0.29) is 18.5 Å². The zero-order valence-corrected chi connectivity index (χ0v) is 46.8. The second-order valence-corrected chi connectivity index (χ2v) is 21.7. The van der Waals surface area contributed by atoms with Crippen molar-refractivity contribution in [3.8, 4) is 0 Å². The van der Waals surface area contributed by atoms with Gasteiger partial charge in [0.1, 0.15) is 0 Å². The van der Waals surface area contributed by atoms with Crippen LogP contribution in [-0.4, -0.2) is 47.4 Å². The minimum Gasteiger partial charge on any atom is -0.466 e. The molecule has 0 fully saturated rings. The van der Waals surface area contributed by atoms with Gasteiger partial charge in [0.05, 0.1) is 25.4 Å². The topological polar surface area (TPSA) is 95.9 Å². The second-order valence-electron chi connectivity index (χ2n) is 21.7. The third-order valence-corrected chi connectivity index (χ3v) is 14.8. The number of carbonyl (C=O) groups excluding carboxylic acids is 2. The van der Waals surface area contributed by atoms with E-state index < -0.39 is 12.1 Å². The molecule has 3 N–H and O–H groups in total. The van der Waals surface area contributed by atoms with Crippen LogP contribution in [0.1, 0.15) is 354 Å². The molecule has 0 aliphatic carbocycles. The molecule has 0 spiro atoms. The molecule has 0 aromatic carbocycles. The Hall–Kier alpha value is -1.40. The number of rotatable bonds is 59. The van der Waals surface area contributed by atoms with Crippen molar-refractivity contribution in [2.45, 2.75) is 366 Å². The first-order chi connectivity index (χ1) is 34.0. The van der Waals surface area contributed by atoms with Crippen LogP contribution in [0.4, 0.5) is 0 Å². The van der Waals surface area contributed by atoms with Crippen molar-refractivity contribution in [1.29, 1.82) is 0 Å². The van der Waals surface area contributed by atoms with Gasteiger partial charge in [-0.1, -0.05) is 302 Å². The molecule has 69 heavy (non-hydrogen) atoms. The Bertz CT molecular complexity index is 1030. The van der Waals surface area contributed by atoms with Gasteiger partial charge in [-0.15, -0.1) is 0 Å². The van der Waals surface area contributed by atoms with Gasteiger partial charge in [-0.05, 0) is 51.4 Å². The lowest BCUT2D eigenvalue weighted by Crippen LogP contribution is -2.45. The van der Waals surface area contributed by atoms with Crippen molar-refractivity contribution in [3.63, 3.8) is 0 Å². The molecule has 0 heterocycles. The zero-order chi connectivity index (χ0) is 50.0. The fraction of sp³-hybridized carbons (Fsp3) is 0.937. The molecular weight excluding hydrogens is 851 g/mol. The van der Waals surface area contributed by atoms with E-state index in [2.05, 4.69) is 31.3 Å². The highest BCUT2D eigenvalue weighted by Gasteiger charge is 2.20. The van der Waals surface area contributed by atoms with Crippen molar-refractivity contribution in [2.75, 3.05) is 13.2 Å². The van der Waals surface area contributed by atoms with Crippen molar-refractivity contribution in [2.24, 2.45) is 0 Å². The molecule has 0 bridgehead atoms. The predicted molar refractivity (Wildman–Crippen MR) is 301 cm³/mol. The fourth-order valence-electron chi connectivity index (χ4n) is 9.99. The van der Waals surface area contributed by atoms with Gasteiger partial charge in [0.15, 0.2) is 0 Å². The Balaban J connectivity index is 3.44. The zero-order valence-electron chi connectivity index (χ0n) is 46.8. The van der Waals surface area contributed by atoms with E-state index in [1.807, 2.05) is 0 Å². The normalized spacial score (nSPS) is 12.6. The Morgan fingerprint density at radius 3 is 1.03 bits per heavy atom. The number of hydrogen-bond acceptors (Lipinski definition) is 5. The molecule has 0 aromatic rings. The summed E-state index contributed by atoms with van der Waals surface area (Å²) in [4.78, 5) is 24.6. The highest BCUT2D eigenvalue weighted by molar-refractivity contribution is 5.76. The van der Waals surface area contributed by atoms with Crippen LogP contribution in [0.2, 0.25) is 0 Å². The van der Waals surface area contributed by atoms with Crippen molar-refractivity contribution >= 4 is 11.9 Å². The highest BCUT2D eigenvalue weighted by Crippen LogP contribution is 2.18. The number of carbonyl (C=O) groups is 2. The lowest BCUT2D eigenvalue weighted by Gasteiger charge is -2.22. The molecule has 0 aliphatic rings. The fourth-order valence-corrected chi connectivity index (χ4v) is 9.99. The lowest BCUT2D eigenvalue weighted by atomic mass is 10.0. The molecule has 0 rings (SSSR count). The Morgan fingerprint density at radius 1 is 0.391 bits per heavy atom. The van der Waals surface area contributed by atoms with Crippen molar-refractivity contribution in [1.82, 2.24) is 5.32 Å². The summed E-state index contributed by atoms with van der Waals surface area (Å²) in [5.74, 6) is -0.0816. The number of allylic oxidation sites excluding steroid dienone is 2. The summed E-state index contributed by atoms with van der Waals surface area (Å²) in [5.41, 5.74) is 0. The second kappa shape index (κ2) is 59.2. The maximum absolute atomic E-state index is 12.5. The van der Waals surface area contributed by atoms with Crippen LogP contribution in [0.15, 0.2) is 12.2 Å². The SMILES string of the molecule is CCCCCCCC/C=C\CCCCCCCCCCCC(=O)OCCCCCCCCCCCC(=O)NC(CO)C(O)CCCCCCCCCCCCCCCCCCCCCCCCCC. The van der Waals surface area contributed by atoms with Crippen molar-refractivity contribution < 1.29 is 24.5 Å². The van der Waals surface area contributed by atoms with Crippen LogP contribution < -0.4 is 5.32 Å². The van der Waals surface area contributed by atoms with Crippen LogP contribution >= 0.6 is 0 Å². The van der Waals surface area contributed by atoms with E-state index >= 15 is 0 Å². The maximum atomic E-state index is 12.5. The van der Waals surface area contributed by atoms with Gasteiger partial charge in [0, 0.05) is 12.8 Å². The monoisotopic (exact) mass is 974 g/mol. The van der Waals surface area contributed by atoms with Gasteiger partial charge >= 0.3 is 5.97 Å². The number of aliphatic hydroxyl groups excluding tert-OH is 2. The Labute approximate surface area is 431 Å². The number of amides is 1. The van der Waals surface area contributed by atoms with Crippen LogP contribution in [0.3, 0.4) is 0 Å². The van der Waals surface area contributed by atoms with Gasteiger partial charge < -0.3 is 20.3 Å². The minimum absolute atomic E-state index is 0.0237. The molecule has 6 heteroatoms. The minimum atomic E-state index is -0.683. The molecule has 2 atom stereocenters. The lowest BCUT2D eigenvalue weighted by molar-refractivity contribution is -0.143. The third-order valence-electron chi connectivity index (χ3n) is 14.8. The molecular formula is C63H123NO5. The third kappa shape index (κ3) is 55.8. The van der Waals surface area contributed by atoms with E-state index in [0.717, 1.165) is 57.8 Å². The highest BCUT2D eigenvalue weighted by atomic mass is 16.5. The predicted octanol–water partition coefficient (Wildman–Crippen LogP) is 19.6. The van der Waals surface area contributed by atoms with Gasteiger partial charge in [-0.3, -0.25) is 9.59 Å². The van der Waals surface area contributed by atoms with Crippen LogP contribution in [0.25, 0.3) is 0 Å². The van der Waals surface area contributed by atoms with Gasteiger partial charge in [-0.25, -0.2) is 0 Å². The Morgan fingerprint density at radius 2 is 0.681 bits per heavy atom. The quantitative estimate of drug-likeness (QED) is 0.0321. The van der Waals surface area contributed by atoms with Gasteiger partial charge in [0.2, 0.25) is 5.91 Å². The molecule has 0 saturated carbocycles. The van der Waals surface area contributed by atoms with E-state index in [0.29, 0.717) is 25.9 Å². The molecule has 6 nitrogen and oxygen atoms in total. The molecule has 1 amide bonds.